The lowest BCUT2D eigenvalue weighted by atomic mass is 9.81. The van der Waals surface area contributed by atoms with Gasteiger partial charge in [0.2, 0.25) is 0 Å². The van der Waals surface area contributed by atoms with E-state index in [-0.39, 0.29) is 12.4 Å². The fourth-order valence-corrected chi connectivity index (χ4v) is 3.59. The molecule has 0 radical (unpaired) electrons. The highest BCUT2D eigenvalue weighted by atomic mass is 35.5. The minimum absolute atomic E-state index is 0. The fraction of sp³-hybridized carbons (Fsp3) is 1.00. The lowest BCUT2D eigenvalue weighted by Gasteiger charge is -2.36. The number of hydrogen-bond donors (Lipinski definition) is 0. The van der Waals surface area contributed by atoms with E-state index in [0.717, 1.165) is 5.92 Å². The molecular formula is C18H40ClP. The first-order valence-electron chi connectivity index (χ1n) is 8.89. The predicted octanol–water partition coefficient (Wildman–Crippen LogP) is 7.40. The van der Waals surface area contributed by atoms with Gasteiger partial charge >= 0.3 is 0 Å². The van der Waals surface area contributed by atoms with E-state index >= 15 is 0 Å². The highest BCUT2D eigenvalue weighted by Crippen LogP contribution is 2.41. The van der Waals surface area contributed by atoms with Gasteiger partial charge in [-0.3, -0.25) is 0 Å². The molecule has 0 aromatic rings. The Labute approximate surface area is 137 Å². The second-order valence-corrected chi connectivity index (χ2v) is 7.69. The summed E-state index contributed by atoms with van der Waals surface area (Å²) in [7, 11) is 3.28. The maximum atomic E-state index is 3.28. The van der Waals surface area contributed by atoms with Crippen LogP contribution in [0, 0.1) is 5.92 Å². The van der Waals surface area contributed by atoms with Crippen molar-refractivity contribution < 1.29 is 0 Å². The molecule has 20 heavy (non-hydrogen) atoms. The summed E-state index contributed by atoms with van der Waals surface area (Å²) in [5.41, 5.74) is 0. The predicted molar refractivity (Wildman–Crippen MR) is 101 cm³/mol. The van der Waals surface area contributed by atoms with Crippen molar-refractivity contribution in [2.75, 3.05) is 0 Å². The van der Waals surface area contributed by atoms with Gasteiger partial charge in [0.1, 0.15) is 0 Å². The van der Waals surface area contributed by atoms with E-state index in [1.54, 1.807) is 0 Å². The highest BCUT2D eigenvalue weighted by molar-refractivity contribution is 7.19. The number of hydrogen-bond acceptors (Lipinski definition) is 0. The summed E-state index contributed by atoms with van der Waals surface area (Å²) < 4.78 is 0. The van der Waals surface area contributed by atoms with Crippen LogP contribution in [0.2, 0.25) is 0 Å². The molecule has 0 aliphatic carbocycles. The van der Waals surface area contributed by atoms with Crippen molar-refractivity contribution in [1.29, 1.82) is 0 Å². The van der Waals surface area contributed by atoms with Crippen LogP contribution in [0.3, 0.4) is 0 Å². The first kappa shape index (κ1) is 23.0. The molecule has 0 heterocycles. The Kier molecular flexibility index (Phi) is 16.8. The molecule has 2 heteroatoms. The Hall–Kier alpha value is 0.720. The van der Waals surface area contributed by atoms with Gasteiger partial charge in [0.15, 0.2) is 0 Å². The SMILES string of the molecule is CCCCCC(C)C(P)(CCCCC)CCCCC.Cl. The van der Waals surface area contributed by atoms with E-state index in [2.05, 4.69) is 36.9 Å². The normalized spacial score (nSPS) is 13.1. The molecule has 0 bridgehead atoms. The number of unbranched alkanes of at least 4 members (excludes halogenated alkanes) is 6. The second kappa shape index (κ2) is 14.6. The summed E-state index contributed by atoms with van der Waals surface area (Å²) in [6.07, 6.45) is 16.8. The van der Waals surface area contributed by atoms with E-state index in [0.29, 0.717) is 5.16 Å². The number of halogens is 1. The molecule has 0 aromatic carbocycles. The molecule has 0 N–H and O–H groups in total. The van der Waals surface area contributed by atoms with Crippen molar-refractivity contribution in [3.8, 4) is 0 Å². The van der Waals surface area contributed by atoms with Gasteiger partial charge < -0.3 is 0 Å². The van der Waals surface area contributed by atoms with E-state index in [9.17, 15) is 0 Å². The summed E-state index contributed by atoms with van der Waals surface area (Å²) in [5, 5.41) is 0.526. The van der Waals surface area contributed by atoms with Crippen molar-refractivity contribution in [3.63, 3.8) is 0 Å². The van der Waals surface area contributed by atoms with Crippen LogP contribution in [0.25, 0.3) is 0 Å². The molecule has 0 amide bonds. The molecule has 0 fully saturated rings. The van der Waals surface area contributed by atoms with Gasteiger partial charge in [-0.2, -0.15) is 0 Å². The van der Waals surface area contributed by atoms with E-state index in [4.69, 9.17) is 0 Å². The van der Waals surface area contributed by atoms with Gasteiger partial charge in [0.25, 0.3) is 0 Å². The maximum Gasteiger partial charge on any atom is -0.0125 e. The highest BCUT2D eigenvalue weighted by Gasteiger charge is 2.29. The lowest BCUT2D eigenvalue weighted by Crippen LogP contribution is -2.29. The molecule has 0 saturated carbocycles. The Morgan fingerprint density at radius 2 is 1.15 bits per heavy atom. The summed E-state index contributed by atoms with van der Waals surface area (Å²) in [5.74, 6) is 0.873. The average Bonchev–Trinajstić information content (AvgIpc) is 2.39. The van der Waals surface area contributed by atoms with Gasteiger partial charge in [-0.05, 0) is 30.3 Å². The molecule has 0 aromatic heterocycles. The summed E-state index contributed by atoms with van der Waals surface area (Å²) in [4.78, 5) is 0. The van der Waals surface area contributed by atoms with Crippen LogP contribution < -0.4 is 0 Å². The molecular weight excluding hydrogens is 283 g/mol. The van der Waals surface area contributed by atoms with Crippen LogP contribution in [0.5, 0.6) is 0 Å². The Morgan fingerprint density at radius 3 is 1.55 bits per heavy atom. The van der Waals surface area contributed by atoms with Gasteiger partial charge in [0, 0.05) is 0 Å². The third-order valence-corrected chi connectivity index (χ3v) is 5.86. The Bertz CT molecular complexity index is 184. The Morgan fingerprint density at radius 1 is 0.750 bits per heavy atom. The molecule has 124 valence electrons. The summed E-state index contributed by atoms with van der Waals surface area (Å²) in [6.45, 7) is 9.43. The standard InChI is InChI=1S/C18H39P.ClH/c1-5-8-11-14-17(4)18(19,15-12-9-6-2)16-13-10-7-3;/h17H,5-16,19H2,1-4H3;1H. The smallest absolute Gasteiger partial charge is 0.0125 e. The molecule has 0 nitrogen and oxygen atoms in total. The minimum atomic E-state index is 0. The van der Waals surface area contributed by atoms with E-state index in [1.165, 1.54) is 77.0 Å². The van der Waals surface area contributed by atoms with Crippen molar-refractivity contribution in [2.24, 2.45) is 5.92 Å². The molecule has 0 aliphatic rings. The van der Waals surface area contributed by atoms with Crippen LogP contribution in [-0.4, -0.2) is 5.16 Å². The van der Waals surface area contributed by atoms with Crippen LogP contribution in [0.15, 0.2) is 0 Å². The minimum Gasteiger partial charge on any atom is -0.147 e. The molecule has 0 aliphatic heterocycles. The molecule has 2 unspecified atom stereocenters. The van der Waals surface area contributed by atoms with Gasteiger partial charge in [-0.1, -0.05) is 85.5 Å². The zero-order valence-electron chi connectivity index (χ0n) is 14.5. The van der Waals surface area contributed by atoms with Crippen LogP contribution in [-0.2, 0) is 0 Å². The van der Waals surface area contributed by atoms with E-state index < -0.39 is 0 Å². The van der Waals surface area contributed by atoms with Crippen LogP contribution in [0.4, 0.5) is 0 Å². The fourth-order valence-electron chi connectivity index (χ4n) is 3.01. The summed E-state index contributed by atoms with van der Waals surface area (Å²) in [6, 6.07) is 0. The van der Waals surface area contributed by atoms with Crippen LogP contribution >= 0.6 is 21.6 Å². The number of rotatable bonds is 13. The largest absolute Gasteiger partial charge is 0.147 e. The first-order chi connectivity index (χ1) is 9.10. The quantitative estimate of drug-likeness (QED) is 0.245. The third-order valence-electron chi connectivity index (χ3n) is 4.71. The van der Waals surface area contributed by atoms with E-state index in [1.807, 2.05) is 0 Å². The third kappa shape index (κ3) is 10.4. The zero-order valence-corrected chi connectivity index (χ0v) is 16.5. The average molecular weight is 323 g/mol. The molecule has 0 rings (SSSR count). The first-order valence-corrected chi connectivity index (χ1v) is 9.47. The van der Waals surface area contributed by atoms with Crippen molar-refractivity contribution in [1.82, 2.24) is 0 Å². The van der Waals surface area contributed by atoms with Crippen molar-refractivity contribution in [2.45, 2.75) is 110 Å². The lowest BCUT2D eigenvalue weighted by molar-refractivity contribution is 0.314. The van der Waals surface area contributed by atoms with Gasteiger partial charge in [-0.25, -0.2) is 0 Å². The molecule has 2 atom stereocenters. The van der Waals surface area contributed by atoms with Crippen molar-refractivity contribution in [3.05, 3.63) is 0 Å². The second-order valence-electron chi connectivity index (χ2n) is 6.54. The molecule has 0 spiro atoms. The van der Waals surface area contributed by atoms with Crippen molar-refractivity contribution >= 4 is 21.6 Å². The molecule has 0 saturated heterocycles. The maximum absolute atomic E-state index is 3.28. The topological polar surface area (TPSA) is 0 Å². The van der Waals surface area contributed by atoms with Crippen LogP contribution in [0.1, 0.15) is 105 Å². The van der Waals surface area contributed by atoms with Gasteiger partial charge in [0.05, 0.1) is 0 Å². The zero-order chi connectivity index (χ0) is 14.6. The van der Waals surface area contributed by atoms with Gasteiger partial charge in [-0.15, -0.1) is 21.6 Å². The monoisotopic (exact) mass is 322 g/mol. The summed E-state index contributed by atoms with van der Waals surface area (Å²) >= 11 is 0. The Balaban J connectivity index is 0.